The standard InChI is InChI=1S/C12H25NO/c1-12(2,3)9-11(13-4)10-5-7-14-8-6-10/h10-11,13H,5-9H2,1-4H3. The van der Waals surface area contributed by atoms with E-state index in [-0.39, 0.29) is 0 Å². The molecule has 0 spiro atoms. The van der Waals surface area contributed by atoms with Crippen molar-refractivity contribution in [2.45, 2.75) is 46.1 Å². The number of nitrogens with one attached hydrogen (secondary N) is 1. The first-order chi connectivity index (χ1) is 6.53. The quantitative estimate of drug-likeness (QED) is 0.754. The van der Waals surface area contributed by atoms with Gasteiger partial charge in [0.05, 0.1) is 0 Å². The number of hydrogen-bond acceptors (Lipinski definition) is 2. The second-order valence-electron chi connectivity index (χ2n) is 5.61. The predicted molar refractivity (Wildman–Crippen MR) is 60.5 cm³/mol. The minimum Gasteiger partial charge on any atom is -0.381 e. The van der Waals surface area contributed by atoms with Crippen LogP contribution in [0.2, 0.25) is 0 Å². The summed E-state index contributed by atoms with van der Waals surface area (Å²) in [6.07, 6.45) is 3.71. The van der Waals surface area contributed by atoms with Crippen molar-refractivity contribution >= 4 is 0 Å². The maximum Gasteiger partial charge on any atom is 0.0469 e. The SMILES string of the molecule is CNC(CC(C)(C)C)C1CCOCC1. The summed E-state index contributed by atoms with van der Waals surface area (Å²) in [7, 11) is 2.09. The van der Waals surface area contributed by atoms with E-state index in [0.29, 0.717) is 11.5 Å². The molecule has 1 heterocycles. The van der Waals surface area contributed by atoms with Crippen molar-refractivity contribution in [2.24, 2.45) is 11.3 Å². The molecule has 1 fully saturated rings. The zero-order valence-corrected chi connectivity index (χ0v) is 10.1. The average Bonchev–Trinajstić information content (AvgIpc) is 2.14. The van der Waals surface area contributed by atoms with Crippen LogP contribution in [0.5, 0.6) is 0 Å². The van der Waals surface area contributed by atoms with Gasteiger partial charge in [-0.05, 0) is 37.6 Å². The van der Waals surface area contributed by atoms with E-state index < -0.39 is 0 Å². The Morgan fingerprint density at radius 3 is 2.29 bits per heavy atom. The summed E-state index contributed by atoms with van der Waals surface area (Å²) in [6, 6.07) is 0.666. The molecule has 84 valence electrons. The van der Waals surface area contributed by atoms with E-state index in [0.717, 1.165) is 19.1 Å². The van der Waals surface area contributed by atoms with Crippen molar-refractivity contribution in [3.63, 3.8) is 0 Å². The Balaban J connectivity index is 2.43. The van der Waals surface area contributed by atoms with E-state index in [4.69, 9.17) is 4.74 Å². The monoisotopic (exact) mass is 199 g/mol. The smallest absolute Gasteiger partial charge is 0.0469 e. The number of rotatable bonds is 3. The lowest BCUT2D eigenvalue weighted by Gasteiger charge is -2.34. The van der Waals surface area contributed by atoms with Crippen LogP contribution in [0.1, 0.15) is 40.0 Å². The molecule has 0 aliphatic carbocycles. The summed E-state index contributed by atoms with van der Waals surface area (Å²) in [5, 5.41) is 3.47. The second-order valence-corrected chi connectivity index (χ2v) is 5.61. The summed E-state index contributed by atoms with van der Waals surface area (Å²) in [4.78, 5) is 0. The highest BCUT2D eigenvalue weighted by atomic mass is 16.5. The maximum absolute atomic E-state index is 5.40. The molecule has 1 rings (SSSR count). The van der Waals surface area contributed by atoms with Crippen molar-refractivity contribution in [1.82, 2.24) is 5.32 Å². The van der Waals surface area contributed by atoms with Crippen LogP contribution in [-0.2, 0) is 4.74 Å². The minimum absolute atomic E-state index is 0.423. The van der Waals surface area contributed by atoms with Crippen LogP contribution in [0.15, 0.2) is 0 Å². The summed E-state index contributed by atoms with van der Waals surface area (Å²) >= 11 is 0. The predicted octanol–water partition coefficient (Wildman–Crippen LogP) is 2.44. The molecule has 2 nitrogen and oxygen atoms in total. The molecule has 14 heavy (non-hydrogen) atoms. The normalized spacial score (nSPS) is 22.3. The molecule has 1 aliphatic heterocycles. The van der Waals surface area contributed by atoms with Crippen LogP contribution < -0.4 is 5.32 Å². The molecule has 0 amide bonds. The highest BCUT2D eigenvalue weighted by Gasteiger charge is 2.26. The lowest BCUT2D eigenvalue weighted by molar-refractivity contribution is 0.0488. The van der Waals surface area contributed by atoms with Gasteiger partial charge in [-0.2, -0.15) is 0 Å². The fourth-order valence-corrected chi connectivity index (χ4v) is 2.28. The fourth-order valence-electron chi connectivity index (χ4n) is 2.28. The van der Waals surface area contributed by atoms with Crippen molar-refractivity contribution in [3.05, 3.63) is 0 Å². The molecular formula is C12H25NO. The topological polar surface area (TPSA) is 21.3 Å². The highest BCUT2D eigenvalue weighted by Crippen LogP contribution is 2.28. The molecular weight excluding hydrogens is 174 g/mol. The first-order valence-corrected chi connectivity index (χ1v) is 5.78. The van der Waals surface area contributed by atoms with Gasteiger partial charge < -0.3 is 10.1 Å². The zero-order chi connectivity index (χ0) is 10.6. The van der Waals surface area contributed by atoms with Gasteiger partial charge in [-0.1, -0.05) is 20.8 Å². The third-order valence-electron chi connectivity index (χ3n) is 3.04. The van der Waals surface area contributed by atoms with Crippen molar-refractivity contribution < 1.29 is 4.74 Å². The largest absolute Gasteiger partial charge is 0.381 e. The van der Waals surface area contributed by atoms with E-state index >= 15 is 0 Å². The van der Waals surface area contributed by atoms with E-state index in [1.54, 1.807) is 0 Å². The Hall–Kier alpha value is -0.0800. The van der Waals surface area contributed by atoms with Gasteiger partial charge in [0, 0.05) is 19.3 Å². The van der Waals surface area contributed by atoms with E-state index in [2.05, 4.69) is 33.1 Å². The first kappa shape index (κ1) is 12.0. The van der Waals surface area contributed by atoms with Gasteiger partial charge in [0.1, 0.15) is 0 Å². The highest BCUT2D eigenvalue weighted by molar-refractivity contribution is 4.81. The second kappa shape index (κ2) is 5.13. The molecule has 1 N–H and O–H groups in total. The minimum atomic E-state index is 0.423. The van der Waals surface area contributed by atoms with E-state index in [1.807, 2.05) is 0 Å². The van der Waals surface area contributed by atoms with Gasteiger partial charge in [-0.25, -0.2) is 0 Å². The van der Waals surface area contributed by atoms with Crippen molar-refractivity contribution in [2.75, 3.05) is 20.3 Å². The van der Waals surface area contributed by atoms with Crippen molar-refractivity contribution in [1.29, 1.82) is 0 Å². The Morgan fingerprint density at radius 2 is 1.86 bits per heavy atom. The Bertz CT molecular complexity index is 156. The Morgan fingerprint density at radius 1 is 1.29 bits per heavy atom. The summed E-state index contributed by atoms with van der Waals surface area (Å²) in [5.74, 6) is 0.813. The summed E-state index contributed by atoms with van der Waals surface area (Å²) < 4.78 is 5.40. The van der Waals surface area contributed by atoms with Gasteiger partial charge in [-0.15, -0.1) is 0 Å². The van der Waals surface area contributed by atoms with Gasteiger partial charge in [-0.3, -0.25) is 0 Å². The summed E-state index contributed by atoms with van der Waals surface area (Å²) in [5.41, 5.74) is 0.423. The Kier molecular flexibility index (Phi) is 4.39. The first-order valence-electron chi connectivity index (χ1n) is 5.78. The van der Waals surface area contributed by atoms with Gasteiger partial charge in [0.2, 0.25) is 0 Å². The fraction of sp³-hybridized carbons (Fsp3) is 1.00. The van der Waals surface area contributed by atoms with Gasteiger partial charge in [0.25, 0.3) is 0 Å². The van der Waals surface area contributed by atoms with Crippen LogP contribution in [0, 0.1) is 11.3 Å². The molecule has 0 radical (unpaired) electrons. The Labute approximate surface area is 88.4 Å². The molecule has 2 heteroatoms. The molecule has 1 saturated heterocycles. The zero-order valence-electron chi connectivity index (χ0n) is 10.1. The van der Waals surface area contributed by atoms with Crippen LogP contribution in [0.4, 0.5) is 0 Å². The molecule has 1 atom stereocenters. The van der Waals surface area contributed by atoms with Gasteiger partial charge >= 0.3 is 0 Å². The lowest BCUT2D eigenvalue weighted by atomic mass is 9.80. The average molecular weight is 199 g/mol. The molecule has 0 saturated carbocycles. The molecule has 0 aromatic rings. The van der Waals surface area contributed by atoms with Crippen molar-refractivity contribution in [3.8, 4) is 0 Å². The lowest BCUT2D eigenvalue weighted by Crippen LogP contribution is -2.39. The third kappa shape index (κ3) is 3.97. The van der Waals surface area contributed by atoms with Crippen LogP contribution >= 0.6 is 0 Å². The molecule has 1 unspecified atom stereocenters. The summed E-state index contributed by atoms with van der Waals surface area (Å²) in [6.45, 7) is 8.85. The molecule has 0 aromatic heterocycles. The molecule has 1 aliphatic rings. The van der Waals surface area contributed by atoms with Crippen LogP contribution in [0.3, 0.4) is 0 Å². The number of hydrogen-bond donors (Lipinski definition) is 1. The van der Waals surface area contributed by atoms with Gasteiger partial charge in [0.15, 0.2) is 0 Å². The van der Waals surface area contributed by atoms with E-state index in [9.17, 15) is 0 Å². The van der Waals surface area contributed by atoms with Crippen LogP contribution in [0.25, 0.3) is 0 Å². The molecule has 0 aromatic carbocycles. The van der Waals surface area contributed by atoms with E-state index in [1.165, 1.54) is 19.3 Å². The number of ether oxygens (including phenoxy) is 1. The maximum atomic E-state index is 5.40. The third-order valence-corrected chi connectivity index (χ3v) is 3.04. The van der Waals surface area contributed by atoms with Crippen LogP contribution in [-0.4, -0.2) is 26.3 Å². The molecule has 0 bridgehead atoms.